The number of allylic oxidation sites excluding steroid dienone is 10. The van der Waals surface area contributed by atoms with Gasteiger partial charge in [-0.15, -0.1) is 0 Å². The van der Waals surface area contributed by atoms with Gasteiger partial charge in [-0.1, -0.05) is 114 Å². The molecule has 0 bridgehead atoms. The maximum atomic E-state index is 13.2. The Hall–Kier alpha value is -4.61. The van der Waals surface area contributed by atoms with Crippen LogP contribution < -0.4 is 10.7 Å². The van der Waals surface area contributed by atoms with Crippen LogP contribution in [0.4, 0.5) is 10.1 Å². The first-order valence-corrected chi connectivity index (χ1v) is 19.8. The minimum atomic E-state index is -0.833. The summed E-state index contributed by atoms with van der Waals surface area (Å²) in [6.45, 7) is 13.0. The van der Waals surface area contributed by atoms with E-state index in [4.69, 9.17) is 15.0 Å². The summed E-state index contributed by atoms with van der Waals surface area (Å²) in [6.07, 6.45) is 30.0. The molecule has 1 amide bonds. The van der Waals surface area contributed by atoms with Gasteiger partial charge in [-0.25, -0.2) is 9.40 Å². The fourth-order valence-corrected chi connectivity index (χ4v) is 4.47. The lowest BCUT2D eigenvalue weighted by Gasteiger charge is -2.08. The maximum Gasteiger partial charge on any atom is 0.306 e. The molecule has 1 aromatic rings. The number of aliphatic carboxylic acids is 2. The van der Waals surface area contributed by atoms with Gasteiger partial charge in [0.2, 0.25) is 5.91 Å². The highest BCUT2D eigenvalue weighted by atomic mass is 19.1. The summed E-state index contributed by atoms with van der Waals surface area (Å²) in [7, 11) is 3.87. The van der Waals surface area contributed by atoms with Crippen molar-refractivity contribution in [1.29, 1.82) is 0 Å². The van der Waals surface area contributed by atoms with Crippen LogP contribution in [0, 0.1) is 5.92 Å². The summed E-state index contributed by atoms with van der Waals surface area (Å²) in [5.41, 5.74) is 5.07. The number of benzene rings is 1. The van der Waals surface area contributed by atoms with Gasteiger partial charge in [0.05, 0.1) is 18.4 Å². The first kappa shape index (κ1) is 55.7. The fourth-order valence-electron chi connectivity index (χ4n) is 4.47. The van der Waals surface area contributed by atoms with Crippen molar-refractivity contribution in [3.63, 3.8) is 0 Å². The number of hydrogen-bond acceptors (Lipinski definition) is 6. The van der Waals surface area contributed by atoms with Crippen molar-refractivity contribution in [1.82, 2.24) is 10.4 Å². The first-order valence-electron chi connectivity index (χ1n) is 19.8. The van der Waals surface area contributed by atoms with Crippen LogP contribution in [0.25, 0.3) is 0 Å². The molecular formula is C45H73FN4O6. The Morgan fingerprint density at radius 1 is 0.911 bits per heavy atom. The minimum absolute atomic E-state index is 0.0743. The average Bonchev–Trinajstić information content (AvgIpc) is 3.15. The Bertz CT molecular complexity index is 1320. The Labute approximate surface area is 337 Å². The van der Waals surface area contributed by atoms with Crippen LogP contribution in [0.3, 0.4) is 0 Å². The van der Waals surface area contributed by atoms with Gasteiger partial charge < -0.3 is 26.1 Å². The molecule has 2 atom stereocenters. The topological polar surface area (TPSA) is 152 Å². The van der Waals surface area contributed by atoms with Gasteiger partial charge in [-0.05, 0) is 88.1 Å². The van der Waals surface area contributed by atoms with Crippen molar-refractivity contribution >= 4 is 29.9 Å². The van der Waals surface area contributed by atoms with E-state index in [-0.39, 0.29) is 17.7 Å². The number of nitrogens with zero attached hydrogens (tertiary/aromatic N) is 2. The largest absolute Gasteiger partial charge is 0.481 e. The van der Waals surface area contributed by atoms with E-state index in [1.54, 1.807) is 32.3 Å². The Morgan fingerprint density at radius 3 is 2.16 bits per heavy atom. The quantitative estimate of drug-likeness (QED) is 0.0205. The number of aliphatic hydroxyl groups is 1. The number of aliphatic hydroxyl groups excluding tert-OH is 1. The number of rotatable bonds is 26. The molecule has 0 heterocycles. The molecule has 1 rings (SSSR count). The molecule has 0 fully saturated rings. The predicted octanol–water partition coefficient (Wildman–Crippen LogP) is 10.4. The number of carboxylic acids is 2. The third-order valence-electron chi connectivity index (χ3n) is 7.39. The molecule has 0 spiro atoms. The summed E-state index contributed by atoms with van der Waals surface area (Å²) in [4.78, 5) is 36.0. The van der Waals surface area contributed by atoms with Crippen molar-refractivity contribution in [3.05, 3.63) is 103 Å². The average molecular weight is 785 g/mol. The highest BCUT2D eigenvalue weighted by molar-refractivity contribution is 5.90. The normalized spacial score (nSPS) is 12.5. The Morgan fingerprint density at radius 2 is 1.55 bits per heavy atom. The summed E-state index contributed by atoms with van der Waals surface area (Å²) in [5.74, 6) is -2.18. The molecular weight excluding hydrogens is 712 g/mol. The highest BCUT2D eigenvalue weighted by Crippen LogP contribution is 2.15. The zero-order chi connectivity index (χ0) is 42.8. The van der Waals surface area contributed by atoms with E-state index >= 15 is 0 Å². The van der Waals surface area contributed by atoms with Gasteiger partial charge in [0.15, 0.2) is 0 Å². The van der Waals surface area contributed by atoms with Crippen molar-refractivity contribution in [2.75, 3.05) is 26.0 Å². The van der Waals surface area contributed by atoms with Crippen molar-refractivity contribution in [3.8, 4) is 0 Å². The summed E-state index contributed by atoms with van der Waals surface area (Å²) in [5, 5.41) is 30.7. The standard InChI is InChI=1S/C28H43FN4O2.C13H20O2.C2H4O2.C2H6/c1-4-12-25(29)14-10-15-27(34)16-11-17-28(35)32-26-20-18-24(19-21-26)13-8-6-5-7-9-22-30-23-31-33(2)3;1-3-4-5-6-7-8-9-10-11-12(2)13(14)15;1-2(3)4;1-2/h4,10,12,14-15,18-21,23,27,34H,5-9,11,13,16-17,22H2,1-3H3,(H,30,31)(H,32,35);3-7,12H,1,8-11H2,2H3,(H,14,15);1H3,(H,3,4);1-2H3/b12-4-,15-10+,25-14+;5-4-,7-6-;;. The van der Waals surface area contributed by atoms with E-state index in [0.29, 0.717) is 19.3 Å². The number of carbonyl (C=O) groups excluding carboxylic acids is 1. The number of hydrazine groups is 1. The summed E-state index contributed by atoms with van der Waals surface area (Å²) < 4.78 is 13.2. The predicted molar refractivity (Wildman–Crippen MR) is 233 cm³/mol. The highest BCUT2D eigenvalue weighted by Gasteiger charge is 2.09. The van der Waals surface area contributed by atoms with Crippen LogP contribution in [-0.2, 0) is 20.8 Å². The van der Waals surface area contributed by atoms with Gasteiger partial charge in [0, 0.05) is 39.7 Å². The van der Waals surface area contributed by atoms with Crippen LogP contribution in [-0.4, -0.2) is 71.3 Å². The van der Waals surface area contributed by atoms with Gasteiger partial charge >= 0.3 is 5.97 Å². The zero-order valence-corrected chi connectivity index (χ0v) is 35.3. The Kier molecular flexibility index (Phi) is 41.3. The molecule has 5 N–H and O–H groups in total. The molecule has 0 saturated carbocycles. The van der Waals surface area contributed by atoms with Crippen LogP contribution >= 0.6 is 0 Å². The van der Waals surface area contributed by atoms with E-state index in [9.17, 15) is 19.1 Å². The van der Waals surface area contributed by atoms with Crippen molar-refractivity contribution in [2.24, 2.45) is 10.9 Å². The van der Waals surface area contributed by atoms with E-state index in [0.717, 1.165) is 64.1 Å². The van der Waals surface area contributed by atoms with Crippen LogP contribution in [0.2, 0.25) is 0 Å². The number of carbonyl (C=O) groups is 3. The number of hydrogen-bond donors (Lipinski definition) is 5. The molecule has 0 aromatic heterocycles. The van der Waals surface area contributed by atoms with Crippen molar-refractivity contribution in [2.45, 2.75) is 124 Å². The second-order valence-electron chi connectivity index (χ2n) is 12.8. The number of anilines is 1. The van der Waals surface area contributed by atoms with Gasteiger partial charge in [0.25, 0.3) is 5.97 Å². The van der Waals surface area contributed by atoms with Gasteiger partial charge in [-0.2, -0.15) is 0 Å². The summed E-state index contributed by atoms with van der Waals surface area (Å²) >= 11 is 0. The molecule has 316 valence electrons. The first-order chi connectivity index (χ1) is 26.8. The molecule has 10 nitrogen and oxygen atoms in total. The smallest absolute Gasteiger partial charge is 0.306 e. The second kappa shape index (κ2) is 41.6. The lowest BCUT2D eigenvalue weighted by molar-refractivity contribution is -0.141. The summed E-state index contributed by atoms with van der Waals surface area (Å²) in [6, 6.07) is 8.01. The van der Waals surface area contributed by atoms with Gasteiger partial charge in [0.1, 0.15) is 5.83 Å². The number of halogens is 1. The molecule has 11 heteroatoms. The Balaban J connectivity index is -0.00000110. The molecule has 0 aliphatic carbocycles. The third kappa shape index (κ3) is 43.8. The zero-order valence-electron chi connectivity index (χ0n) is 35.3. The molecule has 1 aromatic carbocycles. The van der Waals surface area contributed by atoms with Crippen LogP contribution in [0.15, 0.2) is 102 Å². The minimum Gasteiger partial charge on any atom is -0.481 e. The number of nitrogens with one attached hydrogen (secondary N) is 2. The molecule has 0 saturated heterocycles. The van der Waals surface area contributed by atoms with Gasteiger partial charge in [-0.3, -0.25) is 19.4 Å². The fraction of sp³-hybridized carbons (Fsp3) is 0.511. The van der Waals surface area contributed by atoms with E-state index in [2.05, 4.69) is 40.5 Å². The maximum absolute atomic E-state index is 13.2. The van der Waals surface area contributed by atoms with Crippen LogP contribution in [0.1, 0.15) is 117 Å². The van der Waals surface area contributed by atoms with E-state index in [1.165, 1.54) is 49.1 Å². The third-order valence-corrected chi connectivity index (χ3v) is 7.39. The number of aliphatic imine (C=N–C) groups is 1. The molecule has 0 aliphatic heterocycles. The number of carboxylic acid groups (broad SMARTS) is 2. The number of amides is 1. The van der Waals surface area contributed by atoms with Crippen LogP contribution in [0.5, 0.6) is 0 Å². The molecule has 0 aliphatic rings. The lowest BCUT2D eigenvalue weighted by Crippen LogP contribution is -2.28. The molecule has 56 heavy (non-hydrogen) atoms. The van der Waals surface area contributed by atoms with E-state index < -0.39 is 18.0 Å². The molecule has 0 radical (unpaired) electrons. The SMILES string of the molecule is C=C/C=C\C=C/CCCCC(C)C(=O)O.CC.CC(=O)O.C\C=C/C(F)=C\C=C\C(O)CCCC(=O)Nc1ccc(CCCCCCCN=CNN(C)C)cc1. The number of aryl methyl sites for hydroxylation is 1. The van der Waals surface area contributed by atoms with E-state index in [1.807, 2.05) is 63.3 Å². The molecule has 2 unspecified atom stereocenters. The lowest BCUT2D eigenvalue weighted by atomic mass is 10.0. The van der Waals surface area contributed by atoms with Crippen molar-refractivity contribution < 1.29 is 34.1 Å². The monoisotopic (exact) mass is 785 g/mol. The number of unbranched alkanes of at least 4 members (excludes halogenated alkanes) is 6. The second-order valence-corrected chi connectivity index (χ2v) is 12.8.